The van der Waals surface area contributed by atoms with Crippen molar-refractivity contribution in [1.82, 2.24) is 4.90 Å². The lowest BCUT2D eigenvalue weighted by Gasteiger charge is -2.31. The predicted octanol–water partition coefficient (Wildman–Crippen LogP) is 1.49. The van der Waals surface area contributed by atoms with E-state index in [1.807, 2.05) is 23.1 Å². The number of anilines is 1. The van der Waals surface area contributed by atoms with Gasteiger partial charge in [-0.1, -0.05) is 12.1 Å². The molecular weight excluding hydrogens is 304 g/mol. The fourth-order valence-electron chi connectivity index (χ4n) is 4.63. The van der Waals surface area contributed by atoms with Crippen molar-refractivity contribution in [3.8, 4) is 0 Å². The van der Waals surface area contributed by atoms with Crippen LogP contribution >= 0.6 is 0 Å². The molecule has 2 heterocycles. The minimum Gasteiger partial charge on any atom is -0.390 e. The first-order valence-electron chi connectivity index (χ1n) is 9.13. The molecule has 5 nitrogen and oxygen atoms in total. The predicted molar refractivity (Wildman–Crippen MR) is 92.0 cm³/mol. The second-order valence-electron chi connectivity index (χ2n) is 7.55. The highest BCUT2D eigenvalue weighted by atomic mass is 16.3. The van der Waals surface area contributed by atoms with Crippen molar-refractivity contribution in [3.63, 3.8) is 0 Å². The smallest absolute Gasteiger partial charge is 0.255 e. The third-order valence-electron chi connectivity index (χ3n) is 5.98. The highest BCUT2D eigenvalue weighted by Crippen LogP contribution is 2.37. The Morgan fingerprint density at radius 2 is 1.54 bits per heavy atom. The Bertz CT molecular complexity index is 596. The number of aliphatic hydroxyl groups is 2. The van der Waals surface area contributed by atoms with Crippen LogP contribution in [-0.2, 0) is 0 Å². The van der Waals surface area contributed by atoms with E-state index in [0.717, 1.165) is 24.3 Å². The average molecular weight is 330 g/mol. The van der Waals surface area contributed by atoms with Gasteiger partial charge in [0.15, 0.2) is 0 Å². The second kappa shape index (κ2) is 6.37. The molecule has 1 saturated carbocycles. The molecule has 0 aromatic heterocycles. The molecule has 2 N–H and O–H groups in total. The second-order valence-corrected chi connectivity index (χ2v) is 7.55. The van der Waals surface area contributed by atoms with Crippen molar-refractivity contribution >= 4 is 11.6 Å². The number of hydrogen-bond acceptors (Lipinski definition) is 4. The van der Waals surface area contributed by atoms with Gasteiger partial charge in [-0.15, -0.1) is 0 Å². The molecule has 3 aliphatic rings. The van der Waals surface area contributed by atoms with E-state index in [0.29, 0.717) is 37.8 Å². The zero-order valence-corrected chi connectivity index (χ0v) is 14.0. The summed E-state index contributed by atoms with van der Waals surface area (Å²) in [6, 6.07) is 7.92. The lowest BCUT2D eigenvalue weighted by molar-refractivity contribution is -0.0372. The molecule has 1 aliphatic carbocycles. The standard InChI is InChI=1S/C19H26N2O3/c22-17-9-13-11-21(12-14(13)10-18(17)23)19(24)15-5-1-2-6-16(15)20-7-3-4-8-20/h1-2,5-6,13-14,17-18,22-23H,3-4,7-12H2. The number of hydrogen-bond donors (Lipinski definition) is 2. The van der Waals surface area contributed by atoms with Crippen molar-refractivity contribution in [2.24, 2.45) is 11.8 Å². The third kappa shape index (κ3) is 2.80. The Labute approximate surface area is 142 Å². The van der Waals surface area contributed by atoms with Gasteiger partial charge in [-0.05, 0) is 49.7 Å². The summed E-state index contributed by atoms with van der Waals surface area (Å²) in [6.45, 7) is 3.44. The van der Waals surface area contributed by atoms with E-state index in [1.54, 1.807) is 0 Å². The van der Waals surface area contributed by atoms with Crippen LogP contribution in [0.2, 0.25) is 0 Å². The van der Waals surface area contributed by atoms with Gasteiger partial charge in [-0.2, -0.15) is 0 Å². The molecule has 1 amide bonds. The SMILES string of the molecule is O=C(c1ccccc1N1CCCC1)N1CC2CC(O)C(O)CC2C1. The number of para-hydroxylation sites is 1. The minimum absolute atomic E-state index is 0.0934. The normalized spacial score (nSPS) is 32.9. The molecule has 130 valence electrons. The Balaban J connectivity index is 1.53. The number of carbonyl (C=O) groups excluding carboxylic acids is 1. The molecule has 2 aliphatic heterocycles. The first-order chi connectivity index (χ1) is 11.6. The maximum atomic E-state index is 13.1. The average Bonchev–Trinajstić information content (AvgIpc) is 3.24. The molecule has 0 spiro atoms. The van der Waals surface area contributed by atoms with Gasteiger partial charge in [0.1, 0.15) is 0 Å². The molecule has 4 unspecified atom stereocenters. The molecule has 0 radical (unpaired) electrons. The number of rotatable bonds is 2. The van der Waals surface area contributed by atoms with E-state index < -0.39 is 12.2 Å². The molecule has 4 atom stereocenters. The van der Waals surface area contributed by atoms with Gasteiger partial charge in [-0.3, -0.25) is 4.79 Å². The molecule has 0 bridgehead atoms. The van der Waals surface area contributed by atoms with Gasteiger partial charge in [0, 0.05) is 31.9 Å². The van der Waals surface area contributed by atoms with Crippen LogP contribution in [0, 0.1) is 11.8 Å². The minimum atomic E-state index is -0.641. The Hall–Kier alpha value is -1.59. The van der Waals surface area contributed by atoms with Crippen molar-refractivity contribution < 1.29 is 15.0 Å². The first-order valence-corrected chi connectivity index (χ1v) is 9.13. The van der Waals surface area contributed by atoms with Crippen LogP contribution in [0.4, 0.5) is 5.69 Å². The lowest BCUT2D eigenvalue weighted by atomic mass is 9.79. The Morgan fingerprint density at radius 3 is 2.17 bits per heavy atom. The number of amides is 1. The largest absolute Gasteiger partial charge is 0.390 e. The van der Waals surface area contributed by atoms with E-state index in [4.69, 9.17) is 0 Å². The van der Waals surface area contributed by atoms with Gasteiger partial charge in [0.25, 0.3) is 5.91 Å². The zero-order chi connectivity index (χ0) is 16.7. The van der Waals surface area contributed by atoms with E-state index in [9.17, 15) is 15.0 Å². The molecule has 1 aromatic carbocycles. The Morgan fingerprint density at radius 1 is 0.958 bits per heavy atom. The molecule has 5 heteroatoms. The molecule has 4 rings (SSSR count). The summed E-state index contributed by atoms with van der Waals surface area (Å²) >= 11 is 0. The monoisotopic (exact) mass is 330 g/mol. The van der Waals surface area contributed by atoms with Gasteiger partial charge in [-0.25, -0.2) is 0 Å². The summed E-state index contributed by atoms with van der Waals surface area (Å²) in [4.78, 5) is 17.3. The summed E-state index contributed by atoms with van der Waals surface area (Å²) in [7, 11) is 0. The molecule has 3 fully saturated rings. The molecular formula is C19H26N2O3. The Kier molecular flexibility index (Phi) is 4.22. The number of carbonyl (C=O) groups is 1. The summed E-state index contributed by atoms with van der Waals surface area (Å²) in [6.07, 6.45) is 2.29. The van der Waals surface area contributed by atoms with Crippen LogP contribution < -0.4 is 4.90 Å². The molecule has 24 heavy (non-hydrogen) atoms. The van der Waals surface area contributed by atoms with Crippen LogP contribution in [0.1, 0.15) is 36.0 Å². The quantitative estimate of drug-likeness (QED) is 0.862. The zero-order valence-electron chi connectivity index (χ0n) is 14.0. The molecule has 1 aromatic rings. The van der Waals surface area contributed by atoms with Crippen molar-refractivity contribution in [2.45, 2.75) is 37.9 Å². The van der Waals surface area contributed by atoms with Crippen LogP contribution in [-0.4, -0.2) is 59.4 Å². The van der Waals surface area contributed by atoms with Gasteiger partial charge < -0.3 is 20.0 Å². The first kappa shape index (κ1) is 15.9. The maximum absolute atomic E-state index is 13.1. The van der Waals surface area contributed by atoms with Gasteiger partial charge in [0.2, 0.25) is 0 Å². The number of likely N-dealkylation sites (tertiary alicyclic amines) is 1. The molecule has 2 saturated heterocycles. The maximum Gasteiger partial charge on any atom is 0.255 e. The number of benzene rings is 1. The van der Waals surface area contributed by atoms with Crippen molar-refractivity contribution in [2.75, 3.05) is 31.1 Å². The van der Waals surface area contributed by atoms with Crippen molar-refractivity contribution in [3.05, 3.63) is 29.8 Å². The summed E-state index contributed by atoms with van der Waals surface area (Å²) in [5.74, 6) is 0.716. The van der Waals surface area contributed by atoms with Crippen molar-refractivity contribution in [1.29, 1.82) is 0 Å². The number of fused-ring (bicyclic) bond motifs is 1. The third-order valence-corrected chi connectivity index (χ3v) is 5.98. The summed E-state index contributed by atoms with van der Waals surface area (Å²) in [5, 5.41) is 19.8. The summed E-state index contributed by atoms with van der Waals surface area (Å²) in [5.41, 5.74) is 1.84. The number of nitrogens with zero attached hydrogens (tertiary/aromatic N) is 2. The van der Waals surface area contributed by atoms with E-state index in [-0.39, 0.29) is 5.91 Å². The van der Waals surface area contributed by atoms with Crippen LogP contribution in [0.5, 0.6) is 0 Å². The topological polar surface area (TPSA) is 64.0 Å². The fraction of sp³-hybridized carbons (Fsp3) is 0.632. The fourth-order valence-corrected chi connectivity index (χ4v) is 4.63. The number of aliphatic hydroxyl groups excluding tert-OH is 2. The van der Waals surface area contributed by atoms with Crippen LogP contribution in [0.3, 0.4) is 0 Å². The van der Waals surface area contributed by atoms with Crippen LogP contribution in [0.25, 0.3) is 0 Å². The highest BCUT2D eigenvalue weighted by Gasteiger charge is 2.42. The van der Waals surface area contributed by atoms with E-state index in [2.05, 4.69) is 11.0 Å². The van der Waals surface area contributed by atoms with E-state index in [1.165, 1.54) is 12.8 Å². The van der Waals surface area contributed by atoms with E-state index >= 15 is 0 Å². The lowest BCUT2D eigenvalue weighted by Crippen LogP contribution is -2.38. The van der Waals surface area contributed by atoms with Crippen LogP contribution in [0.15, 0.2) is 24.3 Å². The van der Waals surface area contributed by atoms with Gasteiger partial charge >= 0.3 is 0 Å². The highest BCUT2D eigenvalue weighted by molar-refractivity contribution is 6.00. The van der Waals surface area contributed by atoms with Gasteiger partial charge in [0.05, 0.1) is 17.8 Å². The summed E-state index contributed by atoms with van der Waals surface area (Å²) < 4.78 is 0.